The molecule has 3 heteroatoms. The molecule has 92 valence electrons. The molecule has 3 nitrogen and oxygen atoms in total. The van der Waals surface area contributed by atoms with Crippen LogP contribution in [0.1, 0.15) is 35.7 Å². The van der Waals surface area contributed by atoms with E-state index < -0.39 is 0 Å². The van der Waals surface area contributed by atoms with Gasteiger partial charge in [-0.2, -0.15) is 0 Å². The molecule has 0 radical (unpaired) electrons. The maximum absolute atomic E-state index is 12.3. The summed E-state index contributed by atoms with van der Waals surface area (Å²) in [5, 5.41) is 0. The predicted octanol–water partition coefficient (Wildman–Crippen LogP) is 2.76. The van der Waals surface area contributed by atoms with Gasteiger partial charge in [-0.3, -0.25) is 4.79 Å². The van der Waals surface area contributed by atoms with Crippen molar-refractivity contribution in [3.05, 3.63) is 29.3 Å². The van der Waals surface area contributed by atoms with E-state index in [2.05, 4.69) is 0 Å². The monoisotopic (exact) mass is 234 g/mol. The average molecular weight is 234 g/mol. The van der Waals surface area contributed by atoms with E-state index >= 15 is 0 Å². The largest absolute Gasteiger partial charge is 0.493 e. The molecule has 1 aromatic carbocycles. The van der Waals surface area contributed by atoms with Gasteiger partial charge in [-0.15, -0.1) is 0 Å². The lowest BCUT2D eigenvalue weighted by Gasteiger charge is -2.13. The summed E-state index contributed by atoms with van der Waals surface area (Å²) in [6.45, 7) is 5.14. The summed E-state index contributed by atoms with van der Waals surface area (Å²) >= 11 is 0. The highest BCUT2D eigenvalue weighted by Gasteiger charge is 2.27. The third kappa shape index (κ3) is 2.67. The molecule has 0 saturated carbocycles. The Bertz CT molecular complexity index is 406. The SMILES string of the molecule is CCOc1ccc(C)cc1C(=O)C1CCCO1. The summed E-state index contributed by atoms with van der Waals surface area (Å²) in [6, 6.07) is 5.70. The highest BCUT2D eigenvalue weighted by Crippen LogP contribution is 2.25. The van der Waals surface area contributed by atoms with Crippen LogP contribution in [0.25, 0.3) is 0 Å². The smallest absolute Gasteiger partial charge is 0.195 e. The molecule has 0 bridgehead atoms. The lowest BCUT2D eigenvalue weighted by Crippen LogP contribution is -2.20. The minimum atomic E-state index is -0.281. The van der Waals surface area contributed by atoms with E-state index in [4.69, 9.17) is 9.47 Å². The number of hydrogen-bond donors (Lipinski definition) is 0. The Morgan fingerprint density at radius 1 is 1.53 bits per heavy atom. The van der Waals surface area contributed by atoms with Gasteiger partial charge in [-0.1, -0.05) is 11.6 Å². The maximum Gasteiger partial charge on any atom is 0.195 e. The Kier molecular flexibility index (Phi) is 3.79. The Labute approximate surface area is 102 Å². The summed E-state index contributed by atoms with van der Waals surface area (Å²) < 4.78 is 10.9. The van der Waals surface area contributed by atoms with E-state index in [0.717, 1.165) is 18.4 Å². The Hall–Kier alpha value is -1.35. The second-order valence-electron chi connectivity index (χ2n) is 4.30. The van der Waals surface area contributed by atoms with Crippen molar-refractivity contribution in [2.75, 3.05) is 13.2 Å². The number of carbonyl (C=O) groups is 1. The summed E-state index contributed by atoms with van der Waals surface area (Å²) in [5.41, 5.74) is 1.72. The van der Waals surface area contributed by atoms with Crippen LogP contribution in [0.5, 0.6) is 5.75 Å². The standard InChI is InChI=1S/C14H18O3/c1-3-16-12-7-6-10(2)9-11(12)14(15)13-5-4-8-17-13/h6-7,9,13H,3-5,8H2,1-2H3. The first-order chi connectivity index (χ1) is 8.22. The molecule has 0 aliphatic carbocycles. The summed E-state index contributed by atoms with van der Waals surface area (Å²) in [4.78, 5) is 12.3. The van der Waals surface area contributed by atoms with Gasteiger partial charge in [0.1, 0.15) is 11.9 Å². The molecule has 0 spiro atoms. The topological polar surface area (TPSA) is 35.5 Å². The van der Waals surface area contributed by atoms with Crippen molar-refractivity contribution in [2.24, 2.45) is 0 Å². The molecule has 1 aliphatic heterocycles. The number of hydrogen-bond acceptors (Lipinski definition) is 3. The van der Waals surface area contributed by atoms with Crippen molar-refractivity contribution in [3.63, 3.8) is 0 Å². The Morgan fingerprint density at radius 2 is 2.35 bits per heavy atom. The molecule has 1 aliphatic rings. The first-order valence-electron chi connectivity index (χ1n) is 6.11. The molecule has 0 N–H and O–H groups in total. The number of rotatable bonds is 4. The number of ketones is 1. The molecule has 1 fully saturated rings. The van der Waals surface area contributed by atoms with Crippen molar-refractivity contribution in [1.29, 1.82) is 0 Å². The molecule has 17 heavy (non-hydrogen) atoms. The number of benzene rings is 1. The fourth-order valence-corrected chi connectivity index (χ4v) is 2.08. The Morgan fingerprint density at radius 3 is 3.00 bits per heavy atom. The van der Waals surface area contributed by atoms with Gasteiger partial charge in [0.25, 0.3) is 0 Å². The van der Waals surface area contributed by atoms with E-state index in [-0.39, 0.29) is 11.9 Å². The van der Waals surface area contributed by atoms with Crippen LogP contribution in [0, 0.1) is 6.92 Å². The minimum absolute atomic E-state index is 0.0506. The zero-order valence-electron chi connectivity index (χ0n) is 10.4. The number of ether oxygens (including phenoxy) is 2. The third-order valence-corrected chi connectivity index (χ3v) is 2.92. The van der Waals surface area contributed by atoms with E-state index in [1.54, 1.807) is 0 Å². The van der Waals surface area contributed by atoms with Gasteiger partial charge in [-0.05, 0) is 38.8 Å². The van der Waals surface area contributed by atoms with Crippen molar-refractivity contribution in [3.8, 4) is 5.75 Å². The van der Waals surface area contributed by atoms with Crippen LogP contribution >= 0.6 is 0 Å². The second kappa shape index (κ2) is 5.32. The molecule has 1 aromatic rings. The van der Waals surface area contributed by atoms with Crippen LogP contribution in [0.15, 0.2) is 18.2 Å². The highest BCUT2D eigenvalue weighted by atomic mass is 16.5. The van der Waals surface area contributed by atoms with Crippen LogP contribution in [0.2, 0.25) is 0 Å². The van der Waals surface area contributed by atoms with Gasteiger partial charge in [0, 0.05) is 6.61 Å². The van der Waals surface area contributed by atoms with Gasteiger partial charge in [0.15, 0.2) is 5.78 Å². The predicted molar refractivity (Wildman–Crippen MR) is 65.7 cm³/mol. The lowest BCUT2D eigenvalue weighted by atomic mass is 10.0. The van der Waals surface area contributed by atoms with Crippen molar-refractivity contribution in [2.45, 2.75) is 32.8 Å². The molecule has 1 heterocycles. The van der Waals surface area contributed by atoms with E-state index in [1.807, 2.05) is 32.0 Å². The van der Waals surface area contributed by atoms with Crippen LogP contribution in [0.3, 0.4) is 0 Å². The molecule has 2 rings (SSSR count). The van der Waals surface area contributed by atoms with Gasteiger partial charge in [0.05, 0.1) is 12.2 Å². The zero-order chi connectivity index (χ0) is 12.3. The van der Waals surface area contributed by atoms with E-state index in [0.29, 0.717) is 24.5 Å². The number of Topliss-reactive ketones (excluding diaryl/α,β-unsaturated/α-hetero) is 1. The average Bonchev–Trinajstić information content (AvgIpc) is 2.84. The molecule has 0 amide bonds. The summed E-state index contributed by atoms with van der Waals surface area (Å²) in [7, 11) is 0. The van der Waals surface area contributed by atoms with Crippen LogP contribution < -0.4 is 4.74 Å². The van der Waals surface area contributed by atoms with Crippen molar-refractivity contribution >= 4 is 5.78 Å². The normalized spacial score (nSPS) is 19.3. The van der Waals surface area contributed by atoms with Crippen LogP contribution in [0.4, 0.5) is 0 Å². The van der Waals surface area contributed by atoms with Crippen molar-refractivity contribution in [1.82, 2.24) is 0 Å². The summed E-state index contributed by atoms with van der Waals surface area (Å²) in [6.07, 6.45) is 1.50. The first kappa shape index (κ1) is 12.1. The number of carbonyl (C=O) groups excluding carboxylic acids is 1. The fourth-order valence-electron chi connectivity index (χ4n) is 2.08. The van der Waals surface area contributed by atoms with Gasteiger partial charge in [0.2, 0.25) is 0 Å². The van der Waals surface area contributed by atoms with Gasteiger partial charge in [-0.25, -0.2) is 0 Å². The number of aryl methyl sites for hydroxylation is 1. The Balaban J connectivity index is 2.28. The quantitative estimate of drug-likeness (QED) is 0.751. The molecule has 1 saturated heterocycles. The molecular formula is C14H18O3. The van der Waals surface area contributed by atoms with Crippen LogP contribution in [-0.4, -0.2) is 25.1 Å². The zero-order valence-corrected chi connectivity index (χ0v) is 10.4. The molecule has 0 aromatic heterocycles. The van der Waals surface area contributed by atoms with E-state index in [9.17, 15) is 4.79 Å². The van der Waals surface area contributed by atoms with Gasteiger partial charge < -0.3 is 9.47 Å². The fraction of sp³-hybridized carbons (Fsp3) is 0.500. The molecule has 1 unspecified atom stereocenters. The second-order valence-corrected chi connectivity index (χ2v) is 4.30. The van der Waals surface area contributed by atoms with Gasteiger partial charge >= 0.3 is 0 Å². The highest BCUT2D eigenvalue weighted by molar-refractivity contribution is 6.02. The third-order valence-electron chi connectivity index (χ3n) is 2.92. The van der Waals surface area contributed by atoms with E-state index in [1.165, 1.54) is 0 Å². The minimum Gasteiger partial charge on any atom is -0.493 e. The maximum atomic E-state index is 12.3. The lowest BCUT2D eigenvalue weighted by molar-refractivity contribution is 0.0639. The summed E-state index contributed by atoms with van der Waals surface area (Å²) in [5.74, 6) is 0.716. The molecular weight excluding hydrogens is 216 g/mol. The molecule has 1 atom stereocenters. The first-order valence-corrected chi connectivity index (χ1v) is 6.11. The van der Waals surface area contributed by atoms with Crippen molar-refractivity contribution < 1.29 is 14.3 Å². The van der Waals surface area contributed by atoms with Crippen LogP contribution in [-0.2, 0) is 4.74 Å².